The summed E-state index contributed by atoms with van der Waals surface area (Å²) in [6, 6.07) is 0. The Morgan fingerprint density at radius 1 is 0.727 bits per heavy atom. The predicted molar refractivity (Wildman–Crippen MR) is 117 cm³/mol. The standard InChI is InChI=1S/C18H26O12S.2Na.2H/c1-2-3-4-5-6-7-8-9-10-11-16(21)29-31(25,26)30-18(24)28-15(20)13-12-14(19)27-17(22)23;;;;/h12-13H,2-11H2,1H3,(H,22,23);;;;/b13-12-;;;;. The van der Waals surface area contributed by atoms with Crippen LogP contribution in [0.3, 0.4) is 0 Å². The summed E-state index contributed by atoms with van der Waals surface area (Å²) in [6.07, 6.45) is 5.26. The quantitative estimate of drug-likeness (QED) is 0.117. The van der Waals surface area contributed by atoms with Gasteiger partial charge >= 0.3 is 99.7 Å². The van der Waals surface area contributed by atoms with Crippen LogP contribution < -0.4 is 0 Å². The molecule has 0 saturated heterocycles. The Hall–Kier alpha value is -0.960. The maximum absolute atomic E-state index is 11.5. The summed E-state index contributed by atoms with van der Waals surface area (Å²) in [4.78, 5) is 54.8. The van der Waals surface area contributed by atoms with E-state index in [0.717, 1.165) is 25.7 Å². The second kappa shape index (κ2) is 21.6. The van der Waals surface area contributed by atoms with Gasteiger partial charge in [0.25, 0.3) is 0 Å². The molecule has 0 saturated carbocycles. The van der Waals surface area contributed by atoms with Crippen LogP contribution in [0.1, 0.15) is 71.1 Å². The summed E-state index contributed by atoms with van der Waals surface area (Å²) in [5, 5.41) is 8.15. The van der Waals surface area contributed by atoms with Gasteiger partial charge in [0.05, 0.1) is 0 Å². The molecule has 1 N–H and O–H groups in total. The Bertz CT molecular complexity index is 764. The van der Waals surface area contributed by atoms with E-state index < -0.39 is 40.6 Å². The molecule has 180 valence electrons. The van der Waals surface area contributed by atoms with E-state index in [1.54, 1.807) is 0 Å². The Kier molecular flexibility index (Phi) is 23.9. The van der Waals surface area contributed by atoms with E-state index in [1.165, 1.54) is 19.3 Å². The van der Waals surface area contributed by atoms with Gasteiger partial charge in [-0.1, -0.05) is 58.3 Å². The zero-order chi connectivity index (χ0) is 23.7. The van der Waals surface area contributed by atoms with Gasteiger partial charge in [-0.15, -0.1) is 8.42 Å². The van der Waals surface area contributed by atoms with Crippen LogP contribution in [0.15, 0.2) is 12.2 Å². The first-order valence-corrected chi connectivity index (χ1v) is 10.9. The molecule has 0 radical (unpaired) electrons. The van der Waals surface area contributed by atoms with Crippen LogP contribution in [0.4, 0.5) is 9.59 Å². The van der Waals surface area contributed by atoms with E-state index in [-0.39, 0.29) is 71.6 Å². The fourth-order valence-corrected chi connectivity index (χ4v) is 2.77. The van der Waals surface area contributed by atoms with Crippen molar-refractivity contribution in [2.75, 3.05) is 0 Å². The van der Waals surface area contributed by atoms with Crippen LogP contribution in [0, 0.1) is 0 Å². The topological polar surface area (TPSA) is 177 Å². The molecular formula is C18H28Na2O12S. The van der Waals surface area contributed by atoms with E-state index >= 15 is 0 Å². The van der Waals surface area contributed by atoms with Crippen LogP contribution in [-0.2, 0) is 42.6 Å². The zero-order valence-corrected chi connectivity index (χ0v) is 17.9. The van der Waals surface area contributed by atoms with E-state index in [2.05, 4.69) is 24.8 Å². The minimum atomic E-state index is -5.10. The number of carbonyl (C=O) groups is 5. The monoisotopic (exact) mass is 514 g/mol. The van der Waals surface area contributed by atoms with Gasteiger partial charge in [-0.05, 0) is 6.42 Å². The Balaban J connectivity index is -0.00000450. The number of hydrogen-bond acceptors (Lipinski definition) is 11. The summed E-state index contributed by atoms with van der Waals surface area (Å²) in [7, 11) is -5.10. The second-order valence-electron chi connectivity index (χ2n) is 6.22. The van der Waals surface area contributed by atoms with Gasteiger partial charge in [0.2, 0.25) is 0 Å². The van der Waals surface area contributed by atoms with Crippen molar-refractivity contribution in [1.82, 2.24) is 0 Å². The van der Waals surface area contributed by atoms with Crippen LogP contribution in [-0.4, -0.2) is 103 Å². The molecule has 0 spiro atoms. The van der Waals surface area contributed by atoms with Crippen molar-refractivity contribution >= 4 is 99.7 Å². The van der Waals surface area contributed by atoms with E-state index in [9.17, 15) is 32.4 Å². The van der Waals surface area contributed by atoms with E-state index in [1.807, 2.05) is 0 Å². The second-order valence-corrected chi connectivity index (χ2v) is 7.37. The maximum atomic E-state index is 11.5. The fourth-order valence-electron chi connectivity index (χ4n) is 2.23. The van der Waals surface area contributed by atoms with Crippen LogP contribution in [0.5, 0.6) is 0 Å². The summed E-state index contributed by atoms with van der Waals surface area (Å²) in [5.41, 5.74) is 0. The number of esters is 2. The number of hydrogen-bond donors (Lipinski definition) is 1. The van der Waals surface area contributed by atoms with Gasteiger partial charge in [0, 0.05) is 18.6 Å². The summed E-state index contributed by atoms with van der Waals surface area (Å²) in [5.74, 6) is -4.17. The SMILES string of the molecule is CCCCCCCCCCCC(=O)OS(=O)(=O)OC(=O)OC(=O)/C=C\C(=O)OC(=O)O.[NaH].[NaH]. The van der Waals surface area contributed by atoms with Crippen LogP contribution >= 0.6 is 0 Å². The first-order valence-electron chi connectivity index (χ1n) is 9.61. The number of carbonyl (C=O) groups excluding carboxylic acids is 4. The molecule has 0 aliphatic carbocycles. The Morgan fingerprint density at radius 2 is 1.18 bits per heavy atom. The average molecular weight is 514 g/mol. The molecule has 0 amide bonds. The number of rotatable bonds is 14. The molecule has 0 aromatic rings. The normalized spacial score (nSPS) is 10.3. The Labute approximate surface area is 236 Å². The molecular weight excluding hydrogens is 486 g/mol. The van der Waals surface area contributed by atoms with Gasteiger partial charge in [-0.3, -0.25) is 8.98 Å². The van der Waals surface area contributed by atoms with Crippen molar-refractivity contribution < 1.29 is 55.3 Å². The number of unbranched alkanes of at least 4 members (excludes halogenated alkanes) is 8. The van der Waals surface area contributed by atoms with Crippen molar-refractivity contribution in [2.24, 2.45) is 0 Å². The van der Waals surface area contributed by atoms with Crippen LogP contribution in [0.2, 0.25) is 0 Å². The molecule has 0 atom stereocenters. The minimum absolute atomic E-state index is 0. The zero-order valence-electron chi connectivity index (χ0n) is 17.1. The van der Waals surface area contributed by atoms with E-state index in [4.69, 9.17) is 5.11 Å². The molecule has 0 heterocycles. The van der Waals surface area contributed by atoms with Crippen LogP contribution in [0.25, 0.3) is 0 Å². The third kappa shape index (κ3) is 24.0. The third-order valence-corrected chi connectivity index (χ3v) is 4.31. The average Bonchev–Trinajstić information content (AvgIpc) is 2.63. The van der Waals surface area contributed by atoms with Crippen molar-refractivity contribution in [2.45, 2.75) is 71.1 Å². The number of ether oxygens (including phenoxy) is 2. The van der Waals surface area contributed by atoms with Crippen molar-refractivity contribution in [3.8, 4) is 0 Å². The van der Waals surface area contributed by atoms with Gasteiger partial charge in [0.15, 0.2) is 0 Å². The molecule has 0 bridgehead atoms. The Morgan fingerprint density at radius 3 is 1.67 bits per heavy atom. The predicted octanol–water partition coefficient (Wildman–Crippen LogP) is 1.86. The number of carboxylic acid groups (broad SMARTS) is 1. The van der Waals surface area contributed by atoms with Crippen molar-refractivity contribution in [3.05, 3.63) is 12.2 Å². The molecule has 0 aromatic heterocycles. The molecule has 0 aromatic carbocycles. The third-order valence-electron chi connectivity index (χ3n) is 3.58. The van der Waals surface area contributed by atoms with E-state index in [0.29, 0.717) is 18.9 Å². The van der Waals surface area contributed by atoms with Gasteiger partial charge in [0.1, 0.15) is 0 Å². The molecule has 0 aliphatic heterocycles. The van der Waals surface area contributed by atoms with Crippen molar-refractivity contribution in [1.29, 1.82) is 0 Å². The van der Waals surface area contributed by atoms with Gasteiger partial charge in [-0.2, -0.15) is 0 Å². The van der Waals surface area contributed by atoms with Gasteiger partial charge < -0.3 is 18.8 Å². The molecule has 12 nitrogen and oxygen atoms in total. The van der Waals surface area contributed by atoms with Gasteiger partial charge in [-0.25, -0.2) is 19.2 Å². The molecule has 15 heteroatoms. The molecule has 0 rings (SSSR count). The van der Waals surface area contributed by atoms with Crippen molar-refractivity contribution in [3.63, 3.8) is 0 Å². The molecule has 0 fully saturated rings. The summed E-state index contributed by atoms with van der Waals surface area (Å²) < 4.78 is 38.2. The fraction of sp³-hybridized carbons (Fsp3) is 0.611. The molecule has 0 unspecified atom stereocenters. The first-order chi connectivity index (χ1) is 14.6. The summed E-state index contributed by atoms with van der Waals surface area (Å²) >= 11 is 0. The molecule has 33 heavy (non-hydrogen) atoms. The first kappa shape index (κ1) is 36.6. The molecule has 0 aliphatic rings. The summed E-state index contributed by atoms with van der Waals surface area (Å²) in [6.45, 7) is 2.14.